The van der Waals surface area contributed by atoms with Crippen molar-refractivity contribution >= 4 is 0 Å². The molecule has 1 fully saturated rings. The van der Waals surface area contributed by atoms with Crippen LogP contribution in [0.5, 0.6) is 5.75 Å². The summed E-state index contributed by atoms with van der Waals surface area (Å²) in [6, 6.07) is 6.07. The minimum atomic E-state index is -0.354. The summed E-state index contributed by atoms with van der Waals surface area (Å²) >= 11 is 0. The molecule has 19 heavy (non-hydrogen) atoms. The van der Waals surface area contributed by atoms with Crippen LogP contribution in [0.2, 0.25) is 0 Å². The molecular weight excluding hydrogens is 240 g/mol. The Hall–Kier alpha value is -1.06. The molecular formula is C16H22O3. The molecule has 2 aliphatic heterocycles. The molecule has 0 bridgehead atoms. The summed E-state index contributed by atoms with van der Waals surface area (Å²) in [6.45, 7) is 1.69. The quantitative estimate of drug-likeness (QED) is 0.886. The molecule has 0 saturated carbocycles. The van der Waals surface area contributed by atoms with E-state index in [1.54, 1.807) is 0 Å². The lowest BCUT2D eigenvalue weighted by Gasteiger charge is -2.14. The van der Waals surface area contributed by atoms with Crippen molar-refractivity contribution in [3.05, 3.63) is 29.3 Å². The van der Waals surface area contributed by atoms with E-state index in [0.29, 0.717) is 6.10 Å². The fraction of sp³-hybridized carbons (Fsp3) is 0.625. The van der Waals surface area contributed by atoms with Gasteiger partial charge in [0.25, 0.3) is 0 Å². The normalized spacial score (nSPS) is 23.1. The van der Waals surface area contributed by atoms with Crippen LogP contribution in [-0.2, 0) is 11.2 Å². The van der Waals surface area contributed by atoms with Gasteiger partial charge >= 0.3 is 0 Å². The van der Waals surface area contributed by atoms with Crippen molar-refractivity contribution in [2.75, 3.05) is 13.2 Å². The van der Waals surface area contributed by atoms with Crippen molar-refractivity contribution in [1.82, 2.24) is 0 Å². The topological polar surface area (TPSA) is 38.7 Å². The minimum Gasteiger partial charge on any atom is -0.493 e. The molecule has 1 aromatic rings. The highest BCUT2D eigenvalue weighted by molar-refractivity contribution is 5.40. The third-order valence-corrected chi connectivity index (χ3v) is 4.13. The Balaban J connectivity index is 1.50. The first-order chi connectivity index (χ1) is 9.33. The second-order valence-corrected chi connectivity index (χ2v) is 5.55. The standard InChI is InChI=1S/C16H22O3/c17-15(5-1-3-14-4-2-9-18-14)12-6-7-16-13(11-12)8-10-19-16/h6-7,11,14-15,17H,1-5,8-10H2. The van der Waals surface area contributed by atoms with E-state index in [4.69, 9.17) is 9.47 Å². The summed E-state index contributed by atoms with van der Waals surface area (Å²) in [5.41, 5.74) is 2.26. The van der Waals surface area contributed by atoms with E-state index < -0.39 is 0 Å². The summed E-state index contributed by atoms with van der Waals surface area (Å²) in [5, 5.41) is 10.2. The first-order valence-corrected chi connectivity index (χ1v) is 7.38. The van der Waals surface area contributed by atoms with Crippen LogP contribution in [-0.4, -0.2) is 24.4 Å². The summed E-state index contributed by atoms with van der Waals surface area (Å²) in [4.78, 5) is 0. The van der Waals surface area contributed by atoms with E-state index in [1.165, 1.54) is 18.4 Å². The van der Waals surface area contributed by atoms with Crippen LogP contribution in [0.3, 0.4) is 0 Å². The highest BCUT2D eigenvalue weighted by Gasteiger charge is 2.18. The Morgan fingerprint density at radius 2 is 2.26 bits per heavy atom. The van der Waals surface area contributed by atoms with E-state index in [0.717, 1.165) is 50.2 Å². The van der Waals surface area contributed by atoms with Crippen molar-refractivity contribution in [3.8, 4) is 5.75 Å². The average molecular weight is 262 g/mol. The zero-order valence-electron chi connectivity index (χ0n) is 11.3. The SMILES string of the molecule is OC(CCCC1CCCO1)c1ccc2c(c1)CCO2. The lowest BCUT2D eigenvalue weighted by molar-refractivity contribution is 0.0944. The molecule has 2 heterocycles. The molecule has 2 atom stereocenters. The molecule has 104 valence electrons. The largest absolute Gasteiger partial charge is 0.493 e. The third-order valence-electron chi connectivity index (χ3n) is 4.13. The van der Waals surface area contributed by atoms with Crippen molar-refractivity contribution in [1.29, 1.82) is 0 Å². The van der Waals surface area contributed by atoms with Crippen LogP contribution in [0.4, 0.5) is 0 Å². The second kappa shape index (κ2) is 5.93. The molecule has 0 spiro atoms. The van der Waals surface area contributed by atoms with Crippen LogP contribution in [0, 0.1) is 0 Å². The van der Waals surface area contributed by atoms with E-state index in [-0.39, 0.29) is 6.10 Å². The fourth-order valence-electron chi connectivity index (χ4n) is 2.99. The van der Waals surface area contributed by atoms with Crippen LogP contribution in [0.25, 0.3) is 0 Å². The molecule has 0 aromatic heterocycles. The first kappa shape index (κ1) is 12.9. The van der Waals surface area contributed by atoms with Gasteiger partial charge in [0.15, 0.2) is 0 Å². The van der Waals surface area contributed by atoms with Gasteiger partial charge in [-0.1, -0.05) is 6.07 Å². The van der Waals surface area contributed by atoms with Crippen LogP contribution in [0.1, 0.15) is 49.3 Å². The third kappa shape index (κ3) is 3.10. The zero-order valence-corrected chi connectivity index (χ0v) is 11.3. The van der Waals surface area contributed by atoms with Gasteiger partial charge in [0.05, 0.1) is 18.8 Å². The summed E-state index contributed by atoms with van der Waals surface area (Å²) < 4.78 is 11.1. The van der Waals surface area contributed by atoms with Crippen LogP contribution in [0.15, 0.2) is 18.2 Å². The van der Waals surface area contributed by atoms with Gasteiger partial charge in [0.1, 0.15) is 5.75 Å². The molecule has 1 N–H and O–H groups in total. The Labute approximate surface area is 114 Å². The molecule has 0 aliphatic carbocycles. The highest BCUT2D eigenvalue weighted by atomic mass is 16.5. The number of benzene rings is 1. The number of hydrogen-bond acceptors (Lipinski definition) is 3. The number of ether oxygens (including phenoxy) is 2. The van der Waals surface area contributed by atoms with Gasteiger partial charge in [-0.2, -0.15) is 0 Å². The van der Waals surface area contributed by atoms with Crippen LogP contribution >= 0.6 is 0 Å². The molecule has 0 radical (unpaired) electrons. The predicted molar refractivity (Wildman–Crippen MR) is 73.4 cm³/mol. The predicted octanol–water partition coefficient (Wildman–Crippen LogP) is 3.00. The zero-order chi connectivity index (χ0) is 13.1. The number of rotatable bonds is 5. The lowest BCUT2D eigenvalue weighted by Crippen LogP contribution is -2.06. The molecule has 1 saturated heterocycles. The Morgan fingerprint density at radius 1 is 1.32 bits per heavy atom. The van der Waals surface area contributed by atoms with E-state index >= 15 is 0 Å². The summed E-state index contributed by atoms with van der Waals surface area (Å²) in [5.74, 6) is 0.982. The highest BCUT2D eigenvalue weighted by Crippen LogP contribution is 2.30. The maximum absolute atomic E-state index is 10.2. The van der Waals surface area contributed by atoms with Gasteiger partial charge in [0, 0.05) is 13.0 Å². The molecule has 2 unspecified atom stereocenters. The number of aliphatic hydroxyl groups is 1. The van der Waals surface area contributed by atoms with E-state index in [1.807, 2.05) is 12.1 Å². The van der Waals surface area contributed by atoms with Gasteiger partial charge in [-0.25, -0.2) is 0 Å². The number of hydrogen-bond donors (Lipinski definition) is 1. The minimum absolute atomic E-state index is 0.354. The molecule has 3 rings (SSSR count). The van der Waals surface area contributed by atoms with E-state index in [9.17, 15) is 5.11 Å². The molecule has 3 nitrogen and oxygen atoms in total. The summed E-state index contributed by atoms with van der Waals surface area (Å²) in [7, 11) is 0. The van der Waals surface area contributed by atoms with Gasteiger partial charge in [0.2, 0.25) is 0 Å². The van der Waals surface area contributed by atoms with E-state index in [2.05, 4.69) is 6.07 Å². The monoisotopic (exact) mass is 262 g/mol. The van der Waals surface area contributed by atoms with Gasteiger partial charge < -0.3 is 14.6 Å². The molecule has 3 heteroatoms. The smallest absolute Gasteiger partial charge is 0.122 e. The average Bonchev–Trinajstić information content (AvgIpc) is 3.08. The van der Waals surface area contributed by atoms with Gasteiger partial charge in [-0.05, 0) is 55.4 Å². The lowest BCUT2D eigenvalue weighted by atomic mass is 9.99. The molecule has 2 aliphatic rings. The molecule has 1 aromatic carbocycles. The van der Waals surface area contributed by atoms with Crippen LogP contribution < -0.4 is 4.74 Å². The fourth-order valence-corrected chi connectivity index (χ4v) is 2.99. The van der Waals surface area contributed by atoms with Gasteiger partial charge in [-0.15, -0.1) is 0 Å². The van der Waals surface area contributed by atoms with Crippen molar-refractivity contribution in [3.63, 3.8) is 0 Å². The van der Waals surface area contributed by atoms with Crippen molar-refractivity contribution in [2.24, 2.45) is 0 Å². The maximum atomic E-state index is 10.2. The first-order valence-electron chi connectivity index (χ1n) is 7.38. The summed E-state index contributed by atoms with van der Waals surface area (Å²) in [6.07, 6.45) is 6.34. The van der Waals surface area contributed by atoms with Crippen molar-refractivity contribution < 1.29 is 14.6 Å². The Kier molecular flexibility index (Phi) is 4.04. The number of fused-ring (bicyclic) bond motifs is 1. The number of aliphatic hydroxyl groups excluding tert-OH is 1. The second-order valence-electron chi connectivity index (χ2n) is 5.55. The maximum Gasteiger partial charge on any atom is 0.122 e. The van der Waals surface area contributed by atoms with Crippen molar-refractivity contribution in [2.45, 2.75) is 50.7 Å². The van der Waals surface area contributed by atoms with Gasteiger partial charge in [-0.3, -0.25) is 0 Å². The Bertz CT molecular complexity index is 424. The molecule has 0 amide bonds. The Morgan fingerprint density at radius 3 is 3.11 bits per heavy atom.